The predicted octanol–water partition coefficient (Wildman–Crippen LogP) is 1.35. The molecule has 1 atom stereocenters. The van der Waals surface area contributed by atoms with Crippen molar-refractivity contribution >= 4 is 11.4 Å². The number of likely N-dealkylation sites (N-methyl/N-ethyl adjacent to an activating group) is 1. The van der Waals surface area contributed by atoms with E-state index in [-0.39, 0.29) is 12.3 Å². The Bertz CT molecular complexity index is 423. The summed E-state index contributed by atoms with van der Waals surface area (Å²) in [6.45, 7) is 2.46. The number of methoxy groups -OCH3 is 1. The maximum atomic E-state index is 10.7. The van der Waals surface area contributed by atoms with E-state index in [1.807, 2.05) is 6.92 Å². The monoisotopic (exact) mass is 254 g/mol. The van der Waals surface area contributed by atoms with Gasteiger partial charge in [-0.1, -0.05) is 6.07 Å². The van der Waals surface area contributed by atoms with E-state index >= 15 is 0 Å². The second kappa shape index (κ2) is 6.32. The highest BCUT2D eigenvalue weighted by molar-refractivity contribution is 5.58. The summed E-state index contributed by atoms with van der Waals surface area (Å²) in [5.41, 5.74) is 1.70. The van der Waals surface area contributed by atoms with E-state index in [2.05, 4.69) is 0 Å². The van der Waals surface area contributed by atoms with Crippen LogP contribution in [0.4, 0.5) is 11.4 Å². The number of nitro groups is 1. The molecule has 1 aromatic carbocycles. The standard InChI is InChI=1S/C12H18N2O4/c1-9-4-5-10(14(16)17)6-12(9)13(2)7-11(15)8-18-3/h4-6,11,15H,7-8H2,1-3H3. The minimum atomic E-state index is -0.626. The molecular weight excluding hydrogens is 236 g/mol. The zero-order chi connectivity index (χ0) is 13.7. The maximum absolute atomic E-state index is 10.7. The van der Waals surface area contributed by atoms with Crippen LogP contribution in [0.15, 0.2) is 18.2 Å². The van der Waals surface area contributed by atoms with Gasteiger partial charge in [-0.15, -0.1) is 0 Å². The van der Waals surface area contributed by atoms with Gasteiger partial charge in [0.15, 0.2) is 0 Å². The fraction of sp³-hybridized carbons (Fsp3) is 0.500. The summed E-state index contributed by atoms with van der Waals surface area (Å²) in [4.78, 5) is 12.1. The van der Waals surface area contributed by atoms with E-state index in [1.54, 1.807) is 18.0 Å². The van der Waals surface area contributed by atoms with Crippen LogP contribution in [0.3, 0.4) is 0 Å². The number of hydrogen-bond acceptors (Lipinski definition) is 5. The summed E-state index contributed by atoms with van der Waals surface area (Å²) < 4.78 is 4.85. The van der Waals surface area contributed by atoms with Gasteiger partial charge in [0.2, 0.25) is 0 Å². The molecule has 1 N–H and O–H groups in total. The lowest BCUT2D eigenvalue weighted by Gasteiger charge is -2.23. The Morgan fingerprint density at radius 1 is 1.56 bits per heavy atom. The van der Waals surface area contributed by atoms with Crippen molar-refractivity contribution < 1.29 is 14.8 Å². The Morgan fingerprint density at radius 2 is 2.22 bits per heavy atom. The van der Waals surface area contributed by atoms with Gasteiger partial charge in [-0.3, -0.25) is 10.1 Å². The largest absolute Gasteiger partial charge is 0.389 e. The molecular formula is C12H18N2O4. The van der Waals surface area contributed by atoms with E-state index in [0.717, 1.165) is 11.3 Å². The summed E-state index contributed by atoms with van der Waals surface area (Å²) >= 11 is 0. The number of anilines is 1. The molecule has 0 heterocycles. The number of nitro benzene ring substituents is 1. The van der Waals surface area contributed by atoms with Gasteiger partial charge in [0.05, 0.1) is 17.6 Å². The molecule has 1 unspecified atom stereocenters. The fourth-order valence-corrected chi connectivity index (χ4v) is 1.78. The third kappa shape index (κ3) is 3.68. The zero-order valence-corrected chi connectivity index (χ0v) is 10.8. The minimum Gasteiger partial charge on any atom is -0.389 e. The van der Waals surface area contributed by atoms with Crippen molar-refractivity contribution in [2.24, 2.45) is 0 Å². The summed E-state index contributed by atoms with van der Waals surface area (Å²) in [7, 11) is 3.30. The predicted molar refractivity (Wildman–Crippen MR) is 69.0 cm³/mol. The Balaban J connectivity index is 2.87. The zero-order valence-electron chi connectivity index (χ0n) is 10.8. The van der Waals surface area contributed by atoms with Crippen LogP contribution in [0, 0.1) is 17.0 Å². The number of benzene rings is 1. The smallest absolute Gasteiger partial charge is 0.271 e. The first-order valence-electron chi connectivity index (χ1n) is 5.59. The third-order valence-corrected chi connectivity index (χ3v) is 2.66. The van der Waals surface area contributed by atoms with Gasteiger partial charge in [-0.25, -0.2) is 0 Å². The van der Waals surface area contributed by atoms with Gasteiger partial charge >= 0.3 is 0 Å². The lowest BCUT2D eigenvalue weighted by atomic mass is 10.1. The second-order valence-corrected chi connectivity index (χ2v) is 4.22. The van der Waals surface area contributed by atoms with Crippen LogP contribution >= 0.6 is 0 Å². The van der Waals surface area contributed by atoms with Crippen molar-refractivity contribution in [3.63, 3.8) is 0 Å². The second-order valence-electron chi connectivity index (χ2n) is 4.22. The average Bonchev–Trinajstić information content (AvgIpc) is 2.29. The van der Waals surface area contributed by atoms with Gasteiger partial charge in [-0.2, -0.15) is 0 Å². The summed E-state index contributed by atoms with van der Waals surface area (Å²) in [5, 5.41) is 20.4. The number of hydrogen-bond donors (Lipinski definition) is 1. The van der Waals surface area contributed by atoms with Gasteiger partial charge in [-0.05, 0) is 12.5 Å². The number of nitrogens with zero attached hydrogens (tertiary/aromatic N) is 2. The number of aryl methyl sites for hydroxylation is 1. The molecule has 1 aromatic rings. The number of non-ortho nitro benzene ring substituents is 1. The minimum absolute atomic E-state index is 0.0451. The Kier molecular flexibility index (Phi) is 5.06. The average molecular weight is 254 g/mol. The van der Waals surface area contributed by atoms with Crippen LogP contribution in [-0.4, -0.2) is 43.4 Å². The number of rotatable bonds is 6. The molecule has 0 aromatic heterocycles. The van der Waals surface area contributed by atoms with Crippen LogP contribution in [-0.2, 0) is 4.74 Å². The number of aliphatic hydroxyl groups excluding tert-OH is 1. The van der Waals surface area contributed by atoms with Gasteiger partial charge in [0.1, 0.15) is 0 Å². The number of ether oxygens (including phenoxy) is 1. The topological polar surface area (TPSA) is 75.8 Å². The van der Waals surface area contributed by atoms with Gasteiger partial charge in [0, 0.05) is 38.5 Å². The van der Waals surface area contributed by atoms with Gasteiger partial charge < -0.3 is 14.7 Å². The molecule has 6 heteroatoms. The van der Waals surface area contributed by atoms with Crippen LogP contribution < -0.4 is 4.90 Å². The summed E-state index contributed by atoms with van der Waals surface area (Å²) in [5.74, 6) is 0. The quantitative estimate of drug-likeness (QED) is 0.612. The highest BCUT2D eigenvalue weighted by Gasteiger charge is 2.14. The first kappa shape index (κ1) is 14.4. The molecule has 0 spiro atoms. The third-order valence-electron chi connectivity index (χ3n) is 2.66. The van der Waals surface area contributed by atoms with E-state index in [9.17, 15) is 15.2 Å². The first-order chi connectivity index (χ1) is 8.45. The van der Waals surface area contributed by atoms with E-state index < -0.39 is 11.0 Å². The van der Waals surface area contributed by atoms with Crippen LogP contribution in [0.2, 0.25) is 0 Å². The van der Waals surface area contributed by atoms with Crippen LogP contribution in [0.25, 0.3) is 0 Å². The summed E-state index contributed by atoms with van der Waals surface area (Å²) in [6.07, 6.45) is -0.626. The van der Waals surface area contributed by atoms with Crippen molar-refractivity contribution in [3.05, 3.63) is 33.9 Å². The molecule has 0 radical (unpaired) electrons. The molecule has 18 heavy (non-hydrogen) atoms. The van der Waals surface area contributed by atoms with E-state index in [4.69, 9.17) is 4.74 Å². The highest BCUT2D eigenvalue weighted by Crippen LogP contribution is 2.24. The molecule has 0 aliphatic rings. The lowest BCUT2D eigenvalue weighted by Crippen LogP contribution is -2.32. The fourth-order valence-electron chi connectivity index (χ4n) is 1.78. The molecule has 0 saturated heterocycles. The van der Waals surface area contributed by atoms with Crippen molar-refractivity contribution in [2.75, 3.05) is 32.2 Å². The highest BCUT2D eigenvalue weighted by atomic mass is 16.6. The molecule has 1 rings (SSSR count). The van der Waals surface area contributed by atoms with Crippen LogP contribution in [0.5, 0.6) is 0 Å². The van der Waals surface area contributed by atoms with Crippen molar-refractivity contribution in [3.8, 4) is 0 Å². The first-order valence-corrected chi connectivity index (χ1v) is 5.59. The normalized spacial score (nSPS) is 12.2. The van der Waals surface area contributed by atoms with Crippen molar-refractivity contribution in [2.45, 2.75) is 13.0 Å². The Labute approximate surface area is 106 Å². The molecule has 0 fully saturated rings. The Morgan fingerprint density at radius 3 is 2.78 bits per heavy atom. The van der Waals surface area contributed by atoms with Crippen LogP contribution in [0.1, 0.15) is 5.56 Å². The molecule has 0 aliphatic heterocycles. The number of aliphatic hydroxyl groups is 1. The van der Waals surface area contributed by atoms with E-state index in [0.29, 0.717) is 6.54 Å². The van der Waals surface area contributed by atoms with E-state index in [1.165, 1.54) is 19.2 Å². The molecule has 0 bridgehead atoms. The SMILES string of the molecule is COCC(O)CN(C)c1cc([N+](=O)[O-])ccc1C. The molecule has 0 amide bonds. The molecule has 100 valence electrons. The summed E-state index contributed by atoms with van der Waals surface area (Å²) in [6, 6.07) is 4.68. The lowest BCUT2D eigenvalue weighted by molar-refractivity contribution is -0.384. The van der Waals surface area contributed by atoms with Crippen molar-refractivity contribution in [1.82, 2.24) is 0 Å². The molecule has 6 nitrogen and oxygen atoms in total. The maximum Gasteiger partial charge on any atom is 0.271 e. The molecule has 0 saturated carbocycles. The molecule has 0 aliphatic carbocycles. The van der Waals surface area contributed by atoms with Crippen molar-refractivity contribution in [1.29, 1.82) is 0 Å². The van der Waals surface area contributed by atoms with Gasteiger partial charge in [0.25, 0.3) is 5.69 Å². The Hall–Kier alpha value is -1.66.